The van der Waals surface area contributed by atoms with Crippen molar-refractivity contribution < 1.29 is 13.2 Å². The molecule has 0 amide bonds. The van der Waals surface area contributed by atoms with E-state index < -0.39 is 5.51 Å². The Bertz CT molecular complexity index is 618. The standard InChI is InChI=1S/C11H8F3NOS/c1-6-4-7-5-8(17-11(12,13)14)2-3-9(7)15-10(6)16/h2-5H,1H3,(H,15,16). The molecule has 0 saturated carbocycles. The first-order valence-electron chi connectivity index (χ1n) is 4.74. The topological polar surface area (TPSA) is 32.9 Å². The molecular weight excluding hydrogens is 251 g/mol. The van der Waals surface area contributed by atoms with Gasteiger partial charge in [0, 0.05) is 16.0 Å². The third-order valence-electron chi connectivity index (χ3n) is 2.23. The number of aryl methyl sites for hydroxylation is 1. The third-order valence-corrected chi connectivity index (χ3v) is 2.96. The Morgan fingerprint density at radius 1 is 1.24 bits per heavy atom. The molecule has 6 heteroatoms. The van der Waals surface area contributed by atoms with Crippen molar-refractivity contribution in [3.8, 4) is 0 Å². The highest BCUT2D eigenvalue weighted by Crippen LogP contribution is 2.37. The largest absolute Gasteiger partial charge is 0.446 e. The second-order valence-electron chi connectivity index (χ2n) is 3.58. The van der Waals surface area contributed by atoms with Gasteiger partial charge in [0.05, 0.1) is 0 Å². The molecule has 0 spiro atoms. The number of aromatic amines is 1. The number of hydrogen-bond acceptors (Lipinski definition) is 2. The number of rotatable bonds is 1. The number of hydrogen-bond donors (Lipinski definition) is 1. The van der Waals surface area contributed by atoms with Gasteiger partial charge < -0.3 is 4.98 Å². The van der Waals surface area contributed by atoms with Crippen LogP contribution in [-0.4, -0.2) is 10.5 Å². The van der Waals surface area contributed by atoms with Gasteiger partial charge in [0.1, 0.15) is 0 Å². The van der Waals surface area contributed by atoms with E-state index in [0.29, 0.717) is 16.5 Å². The third kappa shape index (κ3) is 2.82. The van der Waals surface area contributed by atoms with Crippen LogP contribution >= 0.6 is 11.8 Å². The van der Waals surface area contributed by atoms with Crippen LogP contribution in [0.1, 0.15) is 5.56 Å². The van der Waals surface area contributed by atoms with Crippen molar-refractivity contribution in [3.05, 3.63) is 40.2 Å². The molecule has 90 valence electrons. The lowest BCUT2D eigenvalue weighted by molar-refractivity contribution is -0.0328. The molecule has 0 atom stereocenters. The highest BCUT2D eigenvalue weighted by atomic mass is 32.2. The van der Waals surface area contributed by atoms with Gasteiger partial charge in [-0.1, -0.05) is 0 Å². The van der Waals surface area contributed by atoms with Gasteiger partial charge in [-0.15, -0.1) is 0 Å². The van der Waals surface area contributed by atoms with Gasteiger partial charge in [-0.3, -0.25) is 4.79 Å². The summed E-state index contributed by atoms with van der Waals surface area (Å²) >= 11 is -0.166. The van der Waals surface area contributed by atoms with Crippen molar-refractivity contribution >= 4 is 22.7 Å². The number of fused-ring (bicyclic) bond motifs is 1. The Labute approximate surface area is 98.8 Å². The quantitative estimate of drug-likeness (QED) is 0.796. The molecule has 2 rings (SSSR count). The first kappa shape index (κ1) is 12.0. The lowest BCUT2D eigenvalue weighted by atomic mass is 10.2. The summed E-state index contributed by atoms with van der Waals surface area (Å²) in [5, 5.41) is 0.594. The lowest BCUT2D eigenvalue weighted by Gasteiger charge is -2.06. The molecule has 0 aliphatic heterocycles. The molecular formula is C11H8F3NOS. The highest BCUT2D eigenvalue weighted by Gasteiger charge is 2.29. The Kier molecular flexibility index (Phi) is 2.91. The number of aromatic nitrogens is 1. The van der Waals surface area contributed by atoms with E-state index in [1.54, 1.807) is 13.0 Å². The fraction of sp³-hybridized carbons (Fsp3) is 0.182. The van der Waals surface area contributed by atoms with Crippen LogP contribution in [0.4, 0.5) is 13.2 Å². The molecule has 1 aromatic heterocycles. The number of pyridine rings is 1. The number of H-pyrrole nitrogens is 1. The van der Waals surface area contributed by atoms with Crippen LogP contribution in [0.15, 0.2) is 34.0 Å². The maximum absolute atomic E-state index is 12.2. The van der Waals surface area contributed by atoms with Crippen molar-refractivity contribution in [2.45, 2.75) is 17.3 Å². The van der Waals surface area contributed by atoms with Crippen LogP contribution in [0.25, 0.3) is 10.9 Å². The van der Waals surface area contributed by atoms with E-state index in [4.69, 9.17) is 0 Å². The van der Waals surface area contributed by atoms with Gasteiger partial charge in [0.2, 0.25) is 0 Å². The maximum Gasteiger partial charge on any atom is 0.446 e. The van der Waals surface area contributed by atoms with Gasteiger partial charge in [-0.25, -0.2) is 0 Å². The highest BCUT2D eigenvalue weighted by molar-refractivity contribution is 8.00. The second-order valence-corrected chi connectivity index (χ2v) is 4.72. The zero-order chi connectivity index (χ0) is 12.6. The maximum atomic E-state index is 12.2. The predicted octanol–water partition coefficient (Wildman–Crippen LogP) is 3.45. The Morgan fingerprint density at radius 2 is 1.94 bits per heavy atom. The zero-order valence-electron chi connectivity index (χ0n) is 8.76. The SMILES string of the molecule is Cc1cc2cc(SC(F)(F)F)ccc2[nH]c1=O. The summed E-state index contributed by atoms with van der Waals surface area (Å²) in [6.45, 7) is 1.61. The average Bonchev–Trinajstić information content (AvgIpc) is 2.18. The Balaban J connectivity index is 2.51. The summed E-state index contributed by atoms with van der Waals surface area (Å²) in [7, 11) is 0. The molecule has 0 unspecified atom stereocenters. The molecule has 2 aromatic rings. The molecule has 0 radical (unpaired) electrons. The van der Waals surface area contributed by atoms with E-state index in [1.165, 1.54) is 18.2 Å². The molecule has 0 bridgehead atoms. The second kappa shape index (κ2) is 4.10. The lowest BCUT2D eigenvalue weighted by Crippen LogP contribution is -2.08. The van der Waals surface area contributed by atoms with Crippen LogP contribution in [0, 0.1) is 6.92 Å². The summed E-state index contributed by atoms with van der Waals surface area (Å²) in [4.78, 5) is 14.0. The summed E-state index contributed by atoms with van der Waals surface area (Å²) in [5.74, 6) is 0. The Hall–Kier alpha value is -1.43. The van der Waals surface area contributed by atoms with Crippen molar-refractivity contribution in [2.75, 3.05) is 0 Å². The minimum Gasteiger partial charge on any atom is -0.322 e. The summed E-state index contributed by atoms with van der Waals surface area (Å²) in [5.41, 5.74) is -3.52. The van der Waals surface area contributed by atoms with Gasteiger partial charge in [-0.05, 0) is 48.3 Å². The fourth-order valence-electron chi connectivity index (χ4n) is 1.49. The van der Waals surface area contributed by atoms with E-state index in [2.05, 4.69) is 4.98 Å². The minimum atomic E-state index is -4.30. The van der Waals surface area contributed by atoms with E-state index >= 15 is 0 Å². The number of halogens is 3. The van der Waals surface area contributed by atoms with E-state index in [-0.39, 0.29) is 22.2 Å². The summed E-state index contributed by atoms with van der Waals surface area (Å²) in [6.07, 6.45) is 0. The predicted molar refractivity (Wildman–Crippen MR) is 61.2 cm³/mol. The average molecular weight is 259 g/mol. The van der Waals surface area contributed by atoms with E-state index in [9.17, 15) is 18.0 Å². The molecule has 1 aromatic carbocycles. The van der Waals surface area contributed by atoms with Crippen molar-refractivity contribution in [1.29, 1.82) is 0 Å². The van der Waals surface area contributed by atoms with Crippen LogP contribution in [0.2, 0.25) is 0 Å². The molecule has 17 heavy (non-hydrogen) atoms. The molecule has 0 aliphatic rings. The molecule has 0 saturated heterocycles. The van der Waals surface area contributed by atoms with Gasteiger partial charge in [0.25, 0.3) is 5.56 Å². The smallest absolute Gasteiger partial charge is 0.322 e. The summed E-state index contributed by atoms with van der Waals surface area (Å²) in [6, 6.07) is 5.81. The summed E-state index contributed by atoms with van der Waals surface area (Å²) < 4.78 is 36.6. The number of nitrogens with one attached hydrogen (secondary N) is 1. The number of alkyl halides is 3. The molecule has 0 aliphatic carbocycles. The van der Waals surface area contributed by atoms with E-state index in [0.717, 1.165) is 0 Å². The first-order chi connectivity index (χ1) is 7.85. The zero-order valence-corrected chi connectivity index (χ0v) is 9.58. The van der Waals surface area contributed by atoms with Crippen molar-refractivity contribution in [1.82, 2.24) is 4.98 Å². The van der Waals surface area contributed by atoms with Crippen molar-refractivity contribution in [2.24, 2.45) is 0 Å². The molecule has 0 fully saturated rings. The fourth-order valence-corrected chi connectivity index (χ4v) is 2.08. The Morgan fingerprint density at radius 3 is 2.59 bits per heavy atom. The molecule has 1 N–H and O–H groups in total. The molecule has 2 nitrogen and oxygen atoms in total. The normalized spacial score (nSPS) is 12.0. The minimum absolute atomic E-state index is 0.108. The van der Waals surface area contributed by atoms with Gasteiger partial charge in [-0.2, -0.15) is 13.2 Å². The van der Waals surface area contributed by atoms with E-state index in [1.807, 2.05) is 0 Å². The monoisotopic (exact) mass is 259 g/mol. The number of thioether (sulfide) groups is 1. The van der Waals surface area contributed by atoms with Crippen LogP contribution < -0.4 is 5.56 Å². The van der Waals surface area contributed by atoms with Gasteiger partial charge >= 0.3 is 5.51 Å². The van der Waals surface area contributed by atoms with Crippen molar-refractivity contribution in [3.63, 3.8) is 0 Å². The number of benzene rings is 1. The van der Waals surface area contributed by atoms with Crippen LogP contribution in [0.5, 0.6) is 0 Å². The van der Waals surface area contributed by atoms with Gasteiger partial charge in [0.15, 0.2) is 0 Å². The van der Waals surface area contributed by atoms with Crippen LogP contribution in [0.3, 0.4) is 0 Å². The first-order valence-corrected chi connectivity index (χ1v) is 5.56. The molecule has 1 heterocycles. The van der Waals surface area contributed by atoms with Crippen LogP contribution in [-0.2, 0) is 0 Å².